The Balaban J connectivity index is 1.09. The van der Waals surface area contributed by atoms with Gasteiger partial charge in [-0.05, 0) is 60.5 Å². The molecule has 3 aliphatic rings. The summed E-state index contributed by atoms with van der Waals surface area (Å²) in [6, 6.07) is 9.00. The highest BCUT2D eigenvalue weighted by Crippen LogP contribution is 2.32. The van der Waals surface area contributed by atoms with Gasteiger partial charge in [-0.1, -0.05) is 61.1 Å². The molecule has 0 spiro atoms. The molecule has 1 fully saturated rings. The van der Waals surface area contributed by atoms with E-state index in [0.717, 1.165) is 49.5 Å². The first kappa shape index (κ1) is 22.2. The average Bonchev–Trinajstić information content (AvgIpc) is 3.61. The second-order valence-electron chi connectivity index (χ2n) is 11.1. The zero-order valence-electron chi connectivity index (χ0n) is 20.8. The Morgan fingerprint density at radius 2 is 1.80 bits per heavy atom. The molecule has 0 unspecified atom stereocenters. The van der Waals surface area contributed by atoms with Crippen molar-refractivity contribution in [1.29, 1.82) is 0 Å². The minimum atomic E-state index is 0.504. The quantitative estimate of drug-likeness (QED) is 0.487. The molecule has 180 valence electrons. The smallest absolute Gasteiger partial charge is 0.114 e. The Labute approximate surface area is 208 Å². The van der Waals surface area contributed by atoms with Gasteiger partial charge in [0.2, 0.25) is 0 Å². The highest BCUT2D eigenvalue weighted by atomic mass is 15.4. The number of hydrogen-bond donors (Lipinski definition) is 0. The summed E-state index contributed by atoms with van der Waals surface area (Å²) in [7, 11) is 0. The molecule has 0 N–H and O–H groups in total. The molecule has 2 aromatic heterocycles. The van der Waals surface area contributed by atoms with E-state index in [2.05, 4.69) is 81.4 Å². The Kier molecular flexibility index (Phi) is 5.77. The van der Waals surface area contributed by atoms with E-state index in [9.17, 15) is 0 Å². The highest BCUT2D eigenvalue weighted by molar-refractivity contribution is 5.65. The van der Waals surface area contributed by atoms with Crippen LogP contribution in [0.5, 0.6) is 0 Å². The van der Waals surface area contributed by atoms with Gasteiger partial charge >= 0.3 is 0 Å². The lowest BCUT2D eigenvalue weighted by atomic mass is 9.82. The summed E-state index contributed by atoms with van der Waals surface area (Å²) in [5.74, 6) is 0. The van der Waals surface area contributed by atoms with Gasteiger partial charge in [0.05, 0.1) is 24.6 Å². The van der Waals surface area contributed by atoms with Gasteiger partial charge in [0.15, 0.2) is 0 Å². The molecule has 1 aromatic carbocycles. The van der Waals surface area contributed by atoms with Crippen LogP contribution in [0.2, 0.25) is 0 Å². The molecular formula is C29H34N6. The number of rotatable bonds is 6. The van der Waals surface area contributed by atoms with E-state index in [1.54, 1.807) is 5.57 Å². The monoisotopic (exact) mass is 466 g/mol. The van der Waals surface area contributed by atoms with Crippen molar-refractivity contribution in [2.45, 2.75) is 39.7 Å². The Morgan fingerprint density at radius 3 is 2.63 bits per heavy atom. The molecule has 6 rings (SSSR count). The van der Waals surface area contributed by atoms with Gasteiger partial charge in [0.1, 0.15) is 5.69 Å². The summed E-state index contributed by atoms with van der Waals surface area (Å²) < 4.78 is 1.93. The molecule has 0 bridgehead atoms. The third-order valence-electron chi connectivity index (χ3n) is 7.71. The van der Waals surface area contributed by atoms with Crippen LogP contribution in [-0.4, -0.2) is 57.6 Å². The zero-order chi connectivity index (χ0) is 23.8. The topological polar surface area (TPSA) is 50.1 Å². The lowest BCUT2D eigenvalue weighted by Crippen LogP contribution is -2.38. The molecule has 35 heavy (non-hydrogen) atoms. The molecule has 1 aliphatic carbocycles. The number of fused-ring (bicyclic) bond motifs is 1. The third kappa shape index (κ3) is 4.94. The van der Waals surface area contributed by atoms with E-state index in [-0.39, 0.29) is 0 Å². The molecule has 6 heteroatoms. The molecule has 1 saturated heterocycles. The van der Waals surface area contributed by atoms with Crippen LogP contribution in [0.1, 0.15) is 43.4 Å². The highest BCUT2D eigenvalue weighted by Gasteiger charge is 2.26. The second kappa shape index (κ2) is 9.08. The molecule has 0 saturated carbocycles. The lowest BCUT2D eigenvalue weighted by Gasteiger charge is -2.37. The fraction of sp³-hybridized carbons (Fsp3) is 0.414. The minimum absolute atomic E-state index is 0.504. The number of nitrogens with zero attached hydrogens (tertiary/aromatic N) is 6. The van der Waals surface area contributed by atoms with E-state index >= 15 is 0 Å². The van der Waals surface area contributed by atoms with Gasteiger partial charge in [0.25, 0.3) is 0 Å². The van der Waals surface area contributed by atoms with Gasteiger partial charge in [0, 0.05) is 31.4 Å². The summed E-state index contributed by atoms with van der Waals surface area (Å²) in [6.45, 7) is 10.9. The first-order chi connectivity index (χ1) is 17.0. The van der Waals surface area contributed by atoms with E-state index in [0.29, 0.717) is 5.41 Å². The standard InChI is InChI=1S/C29H34N6/c1-29(2)7-11-33(12-8-29)19-23-14-24-6-5-22(13-25(24)15-23)20-35-21-28(31-32-35)26-16-27(18-30-17-26)34-9-3-4-10-34/h3-6,13-14,16-18,21H,7-12,15,19-20H2,1-2H3. The summed E-state index contributed by atoms with van der Waals surface area (Å²) in [5, 5.41) is 8.84. The molecular weight excluding hydrogens is 432 g/mol. The maximum absolute atomic E-state index is 4.44. The second-order valence-corrected chi connectivity index (χ2v) is 11.1. The number of likely N-dealkylation sites (tertiary alicyclic amines) is 1. The number of hydrogen-bond acceptors (Lipinski definition) is 5. The van der Waals surface area contributed by atoms with E-state index in [1.165, 1.54) is 42.6 Å². The SMILES string of the molecule is CC1(C)CCN(CC2=Cc3ccc(Cn4cc(-c5cncc(N6CC=CC6)c5)nn4)cc3C2)CC1. The van der Waals surface area contributed by atoms with E-state index < -0.39 is 0 Å². The molecule has 4 heterocycles. The van der Waals surface area contributed by atoms with Gasteiger partial charge in [-0.3, -0.25) is 9.88 Å². The van der Waals surface area contributed by atoms with Crippen LogP contribution in [0, 0.1) is 5.41 Å². The van der Waals surface area contributed by atoms with Crippen LogP contribution in [0.25, 0.3) is 17.3 Å². The molecule has 3 aromatic rings. The molecule has 2 aliphatic heterocycles. The fourth-order valence-electron chi connectivity index (χ4n) is 5.40. The number of piperidine rings is 1. The Bertz CT molecular complexity index is 1270. The van der Waals surface area contributed by atoms with Crippen molar-refractivity contribution >= 4 is 11.8 Å². The maximum atomic E-state index is 4.44. The van der Waals surface area contributed by atoms with Crippen LogP contribution < -0.4 is 4.90 Å². The summed E-state index contributed by atoms with van der Waals surface area (Å²) in [4.78, 5) is 9.36. The van der Waals surface area contributed by atoms with E-state index in [1.807, 2.05) is 23.3 Å². The average molecular weight is 467 g/mol. The normalized spacial score (nSPS) is 19.3. The van der Waals surface area contributed by atoms with Crippen molar-refractivity contribution in [3.05, 3.63) is 77.3 Å². The Hall–Kier alpha value is -3.25. The predicted molar refractivity (Wildman–Crippen MR) is 141 cm³/mol. The zero-order valence-corrected chi connectivity index (χ0v) is 20.8. The fourth-order valence-corrected chi connectivity index (χ4v) is 5.40. The minimum Gasteiger partial charge on any atom is -0.363 e. The van der Waals surface area contributed by atoms with Gasteiger partial charge in [-0.2, -0.15) is 0 Å². The van der Waals surface area contributed by atoms with E-state index in [4.69, 9.17) is 0 Å². The van der Waals surface area contributed by atoms with Crippen molar-refractivity contribution in [2.24, 2.45) is 5.41 Å². The molecule has 0 radical (unpaired) electrons. The first-order valence-electron chi connectivity index (χ1n) is 12.8. The number of aromatic nitrogens is 4. The van der Waals surface area contributed by atoms with Crippen LogP contribution in [0.3, 0.4) is 0 Å². The maximum Gasteiger partial charge on any atom is 0.114 e. The van der Waals surface area contributed by atoms with Crippen molar-refractivity contribution in [1.82, 2.24) is 24.9 Å². The summed E-state index contributed by atoms with van der Waals surface area (Å²) in [5.41, 5.74) is 9.11. The first-order valence-corrected chi connectivity index (χ1v) is 12.8. The number of pyridine rings is 1. The van der Waals surface area contributed by atoms with Crippen molar-refractivity contribution < 1.29 is 0 Å². The van der Waals surface area contributed by atoms with Gasteiger partial charge in [-0.15, -0.1) is 5.10 Å². The van der Waals surface area contributed by atoms with Gasteiger partial charge < -0.3 is 4.90 Å². The molecule has 0 atom stereocenters. The van der Waals surface area contributed by atoms with Crippen LogP contribution >= 0.6 is 0 Å². The summed E-state index contributed by atoms with van der Waals surface area (Å²) in [6.07, 6.45) is 16.3. The number of anilines is 1. The molecule has 0 amide bonds. The molecule has 6 nitrogen and oxygen atoms in total. The summed E-state index contributed by atoms with van der Waals surface area (Å²) >= 11 is 0. The predicted octanol–water partition coefficient (Wildman–Crippen LogP) is 4.83. The van der Waals surface area contributed by atoms with Crippen molar-refractivity contribution in [3.63, 3.8) is 0 Å². The van der Waals surface area contributed by atoms with Crippen molar-refractivity contribution in [3.8, 4) is 11.3 Å². The van der Waals surface area contributed by atoms with Crippen LogP contribution in [-0.2, 0) is 13.0 Å². The largest absolute Gasteiger partial charge is 0.363 e. The van der Waals surface area contributed by atoms with Crippen LogP contribution in [0.15, 0.2) is 60.6 Å². The van der Waals surface area contributed by atoms with Crippen molar-refractivity contribution in [2.75, 3.05) is 37.6 Å². The third-order valence-corrected chi connectivity index (χ3v) is 7.71. The van der Waals surface area contributed by atoms with Crippen LogP contribution in [0.4, 0.5) is 5.69 Å². The number of benzene rings is 1. The van der Waals surface area contributed by atoms with Gasteiger partial charge in [-0.25, -0.2) is 4.68 Å². The Morgan fingerprint density at radius 1 is 0.971 bits per heavy atom. The lowest BCUT2D eigenvalue weighted by molar-refractivity contribution is 0.141.